The molecule has 0 aliphatic carbocycles. The Bertz CT molecular complexity index is 468. The van der Waals surface area contributed by atoms with E-state index in [0.717, 1.165) is 11.4 Å². The van der Waals surface area contributed by atoms with Crippen LogP contribution in [0, 0.1) is 13.8 Å². The van der Waals surface area contributed by atoms with E-state index in [1.807, 2.05) is 13.8 Å². The Hall–Kier alpha value is -2.05. The lowest BCUT2D eigenvalue weighted by Gasteiger charge is -2.07. The van der Waals surface area contributed by atoms with Crippen molar-refractivity contribution in [3.8, 4) is 5.75 Å². The van der Waals surface area contributed by atoms with E-state index >= 15 is 0 Å². The smallest absolute Gasteiger partial charge is 0.303 e. The van der Waals surface area contributed by atoms with Gasteiger partial charge < -0.3 is 15.2 Å². The lowest BCUT2D eigenvalue weighted by Crippen LogP contribution is -2.30. The third-order valence-electron chi connectivity index (χ3n) is 2.68. The Labute approximate surface area is 111 Å². The molecule has 0 spiro atoms. The van der Waals surface area contributed by atoms with E-state index in [0.29, 0.717) is 18.7 Å². The van der Waals surface area contributed by atoms with E-state index in [1.165, 1.54) is 0 Å². The molecular weight excluding hydrogens is 250 g/mol. The number of nitrogens with one attached hydrogen (secondary N) is 1. The first-order valence-electron chi connectivity index (χ1n) is 6.03. The van der Waals surface area contributed by atoms with Crippen molar-refractivity contribution in [1.29, 1.82) is 0 Å². The topological polar surface area (TPSA) is 93.5 Å². The Morgan fingerprint density at radius 3 is 2.63 bits per heavy atom. The van der Waals surface area contributed by atoms with Gasteiger partial charge >= 0.3 is 5.97 Å². The fraction of sp³-hybridized carbons (Fsp3) is 0.583. The summed E-state index contributed by atoms with van der Waals surface area (Å²) in [5.41, 5.74) is 1.59. The molecule has 0 aromatic carbocycles. The van der Waals surface area contributed by atoms with Crippen molar-refractivity contribution in [1.82, 2.24) is 15.1 Å². The number of hydrogen-bond acceptors (Lipinski definition) is 4. The molecule has 0 fully saturated rings. The number of aromatic nitrogens is 2. The van der Waals surface area contributed by atoms with Crippen LogP contribution in [0.25, 0.3) is 0 Å². The lowest BCUT2D eigenvalue weighted by atomic mass is 10.3. The van der Waals surface area contributed by atoms with Crippen LogP contribution in [0.2, 0.25) is 0 Å². The molecule has 0 aliphatic rings. The van der Waals surface area contributed by atoms with E-state index < -0.39 is 5.97 Å². The van der Waals surface area contributed by atoms with Gasteiger partial charge in [0.2, 0.25) is 0 Å². The summed E-state index contributed by atoms with van der Waals surface area (Å²) in [5, 5.41) is 15.2. The Morgan fingerprint density at radius 2 is 2.11 bits per heavy atom. The highest BCUT2D eigenvalue weighted by molar-refractivity contribution is 5.77. The average molecular weight is 269 g/mol. The molecule has 0 aliphatic heterocycles. The van der Waals surface area contributed by atoms with Crippen molar-refractivity contribution in [2.75, 3.05) is 13.2 Å². The Morgan fingerprint density at radius 1 is 1.42 bits per heavy atom. The quantitative estimate of drug-likeness (QED) is 0.699. The number of aryl methyl sites for hydroxylation is 2. The molecule has 1 aromatic rings. The molecule has 2 N–H and O–H groups in total. The van der Waals surface area contributed by atoms with E-state index in [4.69, 9.17) is 9.84 Å². The SMILES string of the molecule is Cc1nn(C)c(C)c1OCC(=O)NCCCC(=O)O. The zero-order chi connectivity index (χ0) is 14.4. The van der Waals surface area contributed by atoms with Crippen LogP contribution >= 0.6 is 0 Å². The summed E-state index contributed by atoms with van der Waals surface area (Å²) in [4.78, 5) is 21.8. The minimum absolute atomic E-state index is 0.0436. The molecule has 1 amide bonds. The molecule has 0 unspecified atom stereocenters. The summed E-state index contributed by atoms with van der Waals surface area (Å²) in [6, 6.07) is 0. The van der Waals surface area contributed by atoms with Gasteiger partial charge in [0.25, 0.3) is 5.91 Å². The van der Waals surface area contributed by atoms with Crippen molar-refractivity contribution in [3.63, 3.8) is 0 Å². The number of rotatable bonds is 7. The predicted octanol–water partition coefficient (Wildman–Crippen LogP) is 0.397. The summed E-state index contributed by atoms with van der Waals surface area (Å²) < 4.78 is 7.11. The van der Waals surface area contributed by atoms with E-state index in [-0.39, 0.29) is 18.9 Å². The first-order chi connectivity index (χ1) is 8.91. The second-order valence-electron chi connectivity index (χ2n) is 4.26. The molecule has 7 heteroatoms. The predicted molar refractivity (Wildman–Crippen MR) is 68.1 cm³/mol. The van der Waals surface area contributed by atoms with E-state index in [1.54, 1.807) is 11.7 Å². The van der Waals surface area contributed by atoms with Gasteiger partial charge in [0, 0.05) is 20.0 Å². The number of ether oxygens (including phenoxy) is 1. The highest BCUT2D eigenvalue weighted by Crippen LogP contribution is 2.20. The molecule has 1 aromatic heterocycles. The molecule has 19 heavy (non-hydrogen) atoms. The monoisotopic (exact) mass is 269 g/mol. The van der Waals surface area contributed by atoms with Crippen LogP contribution in [-0.2, 0) is 16.6 Å². The molecular formula is C12H19N3O4. The molecule has 0 saturated carbocycles. The summed E-state index contributed by atoms with van der Waals surface area (Å²) in [6.45, 7) is 3.91. The third kappa shape index (κ3) is 4.61. The summed E-state index contributed by atoms with van der Waals surface area (Å²) >= 11 is 0. The maximum absolute atomic E-state index is 11.5. The Kier molecular flexibility index (Phi) is 5.35. The third-order valence-corrected chi connectivity index (χ3v) is 2.68. The molecule has 1 heterocycles. The normalized spacial score (nSPS) is 10.3. The number of nitrogens with zero attached hydrogens (tertiary/aromatic N) is 2. The van der Waals surface area contributed by atoms with Crippen LogP contribution in [-0.4, -0.2) is 39.9 Å². The minimum Gasteiger partial charge on any atom is -0.481 e. The lowest BCUT2D eigenvalue weighted by molar-refractivity contribution is -0.137. The number of carboxylic acids is 1. The molecule has 0 radical (unpaired) electrons. The average Bonchev–Trinajstić information content (AvgIpc) is 2.57. The maximum Gasteiger partial charge on any atom is 0.303 e. The molecule has 7 nitrogen and oxygen atoms in total. The number of hydrogen-bond donors (Lipinski definition) is 2. The van der Waals surface area contributed by atoms with Crippen LogP contribution in [0.5, 0.6) is 5.75 Å². The van der Waals surface area contributed by atoms with Crippen molar-refractivity contribution in [2.24, 2.45) is 7.05 Å². The number of aliphatic carboxylic acids is 1. The molecule has 1 rings (SSSR count). The van der Waals surface area contributed by atoms with Gasteiger partial charge in [-0.25, -0.2) is 0 Å². The van der Waals surface area contributed by atoms with Crippen molar-refractivity contribution >= 4 is 11.9 Å². The first-order valence-corrected chi connectivity index (χ1v) is 6.03. The maximum atomic E-state index is 11.5. The van der Waals surface area contributed by atoms with Crippen LogP contribution in [0.3, 0.4) is 0 Å². The van der Waals surface area contributed by atoms with Gasteiger partial charge in [-0.3, -0.25) is 14.3 Å². The largest absolute Gasteiger partial charge is 0.481 e. The standard InChI is InChI=1S/C12H19N3O4/c1-8-12(9(2)15(3)14-8)19-7-10(16)13-6-4-5-11(17)18/h4-7H2,1-3H3,(H,13,16)(H,17,18). The number of carbonyl (C=O) groups excluding carboxylic acids is 1. The van der Waals surface area contributed by atoms with E-state index in [2.05, 4.69) is 10.4 Å². The number of amides is 1. The fourth-order valence-electron chi connectivity index (χ4n) is 1.62. The van der Waals surface area contributed by atoms with Gasteiger partial charge in [-0.15, -0.1) is 0 Å². The van der Waals surface area contributed by atoms with Crippen LogP contribution in [0.1, 0.15) is 24.2 Å². The van der Waals surface area contributed by atoms with Crippen LogP contribution in [0.4, 0.5) is 0 Å². The minimum atomic E-state index is -0.868. The van der Waals surface area contributed by atoms with Crippen molar-refractivity contribution in [2.45, 2.75) is 26.7 Å². The summed E-state index contributed by atoms with van der Waals surface area (Å²) in [6.07, 6.45) is 0.452. The summed E-state index contributed by atoms with van der Waals surface area (Å²) in [5.74, 6) is -0.525. The van der Waals surface area contributed by atoms with Gasteiger partial charge in [0.1, 0.15) is 5.69 Å². The Balaban J connectivity index is 2.32. The summed E-state index contributed by atoms with van der Waals surface area (Å²) in [7, 11) is 1.81. The number of carbonyl (C=O) groups is 2. The van der Waals surface area contributed by atoms with Gasteiger partial charge in [-0.2, -0.15) is 5.10 Å². The van der Waals surface area contributed by atoms with Gasteiger partial charge in [-0.05, 0) is 20.3 Å². The zero-order valence-corrected chi connectivity index (χ0v) is 11.4. The first kappa shape index (κ1) is 15.0. The number of carboxylic acid groups (broad SMARTS) is 1. The van der Waals surface area contributed by atoms with Gasteiger partial charge in [-0.1, -0.05) is 0 Å². The highest BCUT2D eigenvalue weighted by atomic mass is 16.5. The van der Waals surface area contributed by atoms with Crippen LogP contribution < -0.4 is 10.1 Å². The fourth-order valence-corrected chi connectivity index (χ4v) is 1.62. The van der Waals surface area contributed by atoms with Gasteiger partial charge in [0.15, 0.2) is 12.4 Å². The van der Waals surface area contributed by atoms with E-state index in [9.17, 15) is 9.59 Å². The van der Waals surface area contributed by atoms with Crippen molar-refractivity contribution in [3.05, 3.63) is 11.4 Å². The highest BCUT2D eigenvalue weighted by Gasteiger charge is 2.12. The van der Waals surface area contributed by atoms with Crippen molar-refractivity contribution < 1.29 is 19.4 Å². The molecule has 106 valence electrons. The molecule has 0 bridgehead atoms. The molecule has 0 atom stereocenters. The molecule has 0 saturated heterocycles. The second-order valence-corrected chi connectivity index (χ2v) is 4.26. The van der Waals surface area contributed by atoms with Crippen LogP contribution in [0.15, 0.2) is 0 Å². The second kappa shape index (κ2) is 6.77. The zero-order valence-electron chi connectivity index (χ0n) is 11.4. The van der Waals surface area contributed by atoms with Gasteiger partial charge in [0.05, 0.1) is 5.69 Å².